The number of rotatable bonds is 7. The predicted octanol–water partition coefficient (Wildman–Crippen LogP) is 4.02. The molecule has 0 unspecified atom stereocenters. The van der Waals surface area contributed by atoms with Crippen LogP contribution >= 0.6 is 11.6 Å². The molecule has 2 N–H and O–H groups in total. The van der Waals surface area contributed by atoms with E-state index >= 15 is 0 Å². The second-order valence-electron chi connectivity index (χ2n) is 6.02. The summed E-state index contributed by atoms with van der Waals surface area (Å²) in [5.74, 6) is 1.17. The van der Waals surface area contributed by atoms with Crippen molar-refractivity contribution in [2.75, 3.05) is 6.61 Å². The van der Waals surface area contributed by atoms with Gasteiger partial charge in [-0.05, 0) is 55.0 Å². The van der Waals surface area contributed by atoms with E-state index in [1.54, 1.807) is 30.5 Å². The molecule has 1 aromatic heterocycles. The number of aromatic nitrogens is 2. The summed E-state index contributed by atoms with van der Waals surface area (Å²) in [4.78, 5) is 4.64. The number of nitrogens with two attached hydrogens (primary N) is 1. The first-order valence-electron chi connectivity index (χ1n) is 8.50. The topological polar surface area (TPSA) is 87.2 Å². The summed E-state index contributed by atoms with van der Waals surface area (Å²) in [7, 11) is -3.74. The number of hydrogen-bond acceptors (Lipinski definition) is 4. The number of halogens is 1. The average Bonchev–Trinajstić information content (AvgIpc) is 3.06. The van der Waals surface area contributed by atoms with Crippen molar-refractivity contribution in [3.8, 4) is 23.0 Å². The van der Waals surface area contributed by atoms with Gasteiger partial charge in [0.1, 0.15) is 5.82 Å². The average molecular weight is 406 g/mol. The molecule has 2 aromatic carbocycles. The monoisotopic (exact) mass is 405 g/mol. The number of primary sulfonamides is 1. The molecular formula is C19H20ClN3O3S. The lowest BCUT2D eigenvalue weighted by Crippen LogP contribution is -2.12. The molecule has 0 aliphatic heterocycles. The Balaban J connectivity index is 2.02. The van der Waals surface area contributed by atoms with Crippen molar-refractivity contribution in [1.29, 1.82) is 0 Å². The van der Waals surface area contributed by atoms with Gasteiger partial charge in [-0.25, -0.2) is 13.6 Å². The molecule has 0 radical (unpaired) electrons. The zero-order valence-electron chi connectivity index (χ0n) is 14.8. The summed E-state index contributed by atoms with van der Waals surface area (Å²) in [5.41, 5.74) is 1.60. The quantitative estimate of drug-likeness (QED) is 0.601. The Hall–Kier alpha value is -2.35. The van der Waals surface area contributed by atoms with Crippen LogP contribution in [0.4, 0.5) is 0 Å². The van der Waals surface area contributed by atoms with Gasteiger partial charge in [0.25, 0.3) is 0 Å². The fourth-order valence-corrected chi connectivity index (χ4v) is 3.19. The maximum Gasteiger partial charge on any atom is 0.238 e. The third-order valence-electron chi connectivity index (χ3n) is 3.98. The smallest absolute Gasteiger partial charge is 0.238 e. The maximum absolute atomic E-state index is 11.5. The first kappa shape index (κ1) is 19.4. The van der Waals surface area contributed by atoms with Crippen molar-refractivity contribution in [1.82, 2.24) is 9.55 Å². The van der Waals surface area contributed by atoms with Gasteiger partial charge < -0.3 is 4.74 Å². The van der Waals surface area contributed by atoms with Gasteiger partial charge in [-0.15, -0.1) is 0 Å². The van der Waals surface area contributed by atoms with Crippen LogP contribution in [0.3, 0.4) is 0 Å². The summed E-state index contributed by atoms with van der Waals surface area (Å²) in [5, 5.41) is 5.81. The van der Waals surface area contributed by atoms with Crippen LogP contribution in [-0.2, 0) is 10.0 Å². The Bertz CT molecular complexity index is 1010. The van der Waals surface area contributed by atoms with Crippen LogP contribution < -0.4 is 9.88 Å². The van der Waals surface area contributed by atoms with E-state index in [0.29, 0.717) is 23.3 Å². The van der Waals surface area contributed by atoms with E-state index in [-0.39, 0.29) is 4.90 Å². The standard InChI is InChI=1S/C19H20ClN3O3S/c1-2-3-12-26-18-13-23(16-8-10-17(11-9-16)27(21,24)25)19(22-18)14-4-6-15(20)7-5-14/h4-11,13H,2-3,12H2,1H3,(H2,21,24,25). The molecule has 0 spiro atoms. The van der Waals surface area contributed by atoms with Crippen molar-refractivity contribution < 1.29 is 13.2 Å². The van der Waals surface area contributed by atoms with Gasteiger partial charge in [-0.2, -0.15) is 4.98 Å². The molecule has 27 heavy (non-hydrogen) atoms. The Labute approximate surface area is 163 Å². The van der Waals surface area contributed by atoms with Gasteiger partial charge in [-0.1, -0.05) is 24.9 Å². The van der Waals surface area contributed by atoms with Gasteiger partial charge >= 0.3 is 0 Å². The Morgan fingerprint density at radius 1 is 1.11 bits per heavy atom. The van der Waals surface area contributed by atoms with Gasteiger partial charge in [-0.3, -0.25) is 4.57 Å². The lowest BCUT2D eigenvalue weighted by atomic mass is 10.2. The third-order valence-corrected chi connectivity index (χ3v) is 5.16. The number of unbranched alkanes of at least 4 members (excludes halogenated alkanes) is 1. The zero-order chi connectivity index (χ0) is 19.4. The van der Waals surface area contributed by atoms with Crippen molar-refractivity contribution in [3.63, 3.8) is 0 Å². The largest absolute Gasteiger partial charge is 0.477 e. The molecule has 8 heteroatoms. The van der Waals surface area contributed by atoms with Crippen molar-refractivity contribution >= 4 is 21.6 Å². The number of benzene rings is 2. The number of ether oxygens (including phenoxy) is 1. The highest BCUT2D eigenvalue weighted by Gasteiger charge is 2.14. The van der Waals surface area contributed by atoms with Crippen LogP contribution in [-0.4, -0.2) is 24.6 Å². The molecule has 3 rings (SSSR count). The van der Waals surface area contributed by atoms with E-state index in [4.69, 9.17) is 21.5 Å². The number of imidazole rings is 1. The van der Waals surface area contributed by atoms with Crippen LogP contribution in [0.1, 0.15) is 19.8 Å². The van der Waals surface area contributed by atoms with Crippen molar-refractivity contribution in [2.45, 2.75) is 24.7 Å². The molecule has 1 heterocycles. The molecule has 0 aliphatic rings. The third kappa shape index (κ3) is 4.68. The molecule has 0 fully saturated rings. The van der Waals surface area contributed by atoms with E-state index in [9.17, 15) is 8.42 Å². The molecule has 3 aromatic rings. The SMILES string of the molecule is CCCCOc1cn(-c2ccc(S(N)(=O)=O)cc2)c(-c2ccc(Cl)cc2)n1. The fourth-order valence-electron chi connectivity index (χ4n) is 2.55. The highest BCUT2D eigenvalue weighted by Crippen LogP contribution is 2.27. The van der Waals surface area contributed by atoms with E-state index in [2.05, 4.69) is 11.9 Å². The fraction of sp³-hybridized carbons (Fsp3) is 0.211. The molecule has 0 atom stereocenters. The van der Waals surface area contributed by atoms with Gasteiger partial charge in [0.05, 0.1) is 17.7 Å². The Morgan fingerprint density at radius 2 is 1.78 bits per heavy atom. The Kier molecular flexibility index (Phi) is 5.84. The van der Waals surface area contributed by atoms with Crippen molar-refractivity contribution in [2.24, 2.45) is 5.14 Å². The van der Waals surface area contributed by atoms with E-state index in [1.165, 1.54) is 12.1 Å². The van der Waals surface area contributed by atoms with E-state index in [0.717, 1.165) is 24.1 Å². The number of hydrogen-bond donors (Lipinski definition) is 1. The van der Waals surface area contributed by atoms with Gasteiger partial charge in [0.15, 0.2) is 0 Å². The molecule has 142 valence electrons. The lowest BCUT2D eigenvalue weighted by Gasteiger charge is -2.08. The van der Waals surface area contributed by atoms with Gasteiger partial charge in [0.2, 0.25) is 15.9 Å². The highest BCUT2D eigenvalue weighted by molar-refractivity contribution is 7.89. The minimum atomic E-state index is -3.74. The number of nitrogens with zero attached hydrogens (tertiary/aromatic N) is 2. The Morgan fingerprint density at radius 3 is 2.37 bits per heavy atom. The summed E-state index contributed by atoms with van der Waals surface area (Å²) in [6, 6.07) is 13.6. The lowest BCUT2D eigenvalue weighted by molar-refractivity contribution is 0.299. The number of sulfonamides is 1. The normalized spacial score (nSPS) is 11.5. The molecule has 0 saturated carbocycles. The van der Waals surface area contributed by atoms with E-state index < -0.39 is 10.0 Å². The van der Waals surface area contributed by atoms with Crippen LogP contribution in [0, 0.1) is 0 Å². The second-order valence-corrected chi connectivity index (χ2v) is 8.02. The van der Waals surface area contributed by atoms with Crippen LogP contribution in [0.25, 0.3) is 17.1 Å². The van der Waals surface area contributed by atoms with Crippen molar-refractivity contribution in [3.05, 3.63) is 59.8 Å². The molecule has 0 aliphatic carbocycles. The minimum absolute atomic E-state index is 0.0545. The first-order valence-corrected chi connectivity index (χ1v) is 10.4. The molecule has 0 saturated heterocycles. The van der Waals surface area contributed by atoms with Crippen LogP contribution in [0.2, 0.25) is 5.02 Å². The summed E-state index contributed by atoms with van der Waals surface area (Å²) < 4.78 is 30.5. The predicted molar refractivity (Wildman–Crippen MR) is 106 cm³/mol. The summed E-state index contributed by atoms with van der Waals surface area (Å²) in [6.07, 6.45) is 3.75. The van der Waals surface area contributed by atoms with Crippen LogP contribution in [0.15, 0.2) is 59.6 Å². The first-order chi connectivity index (χ1) is 12.9. The minimum Gasteiger partial charge on any atom is -0.477 e. The van der Waals surface area contributed by atoms with Gasteiger partial charge in [0, 0.05) is 16.3 Å². The molecule has 0 amide bonds. The molecule has 0 bridgehead atoms. The summed E-state index contributed by atoms with van der Waals surface area (Å²) >= 11 is 5.99. The second kappa shape index (κ2) is 8.12. The van der Waals surface area contributed by atoms with Crippen LogP contribution in [0.5, 0.6) is 5.88 Å². The van der Waals surface area contributed by atoms with E-state index in [1.807, 2.05) is 16.7 Å². The highest BCUT2D eigenvalue weighted by atomic mass is 35.5. The maximum atomic E-state index is 11.5. The molecular weight excluding hydrogens is 386 g/mol. The zero-order valence-corrected chi connectivity index (χ0v) is 16.4. The summed E-state index contributed by atoms with van der Waals surface area (Å²) in [6.45, 7) is 2.67. The molecule has 6 nitrogen and oxygen atoms in total.